The van der Waals surface area contributed by atoms with Gasteiger partial charge in [-0.1, -0.05) is 29.8 Å². The van der Waals surface area contributed by atoms with Crippen molar-refractivity contribution in [2.75, 3.05) is 43.4 Å². The Morgan fingerprint density at radius 3 is 2.24 bits per heavy atom. The Kier molecular flexibility index (Phi) is 5.89. The molecule has 1 heterocycles. The highest BCUT2D eigenvalue weighted by molar-refractivity contribution is 7.80. The lowest BCUT2D eigenvalue weighted by Crippen LogP contribution is -2.44. The zero-order valence-corrected chi connectivity index (χ0v) is 15.8. The van der Waals surface area contributed by atoms with Gasteiger partial charge in [-0.05, 0) is 56.0 Å². The smallest absolute Gasteiger partial charge is 0.171 e. The molecule has 1 fully saturated rings. The summed E-state index contributed by atoms with van der Waals surface area (Å²) in [5.74, 6) is 0. The van der Waals surface area contributed by atoms with E-state index in [0.29, 0.717) is 5.11 Å². The fourth-order valence-corrected chi connectivity index (χ4v) is 3.07. The zero-order valence-electron chi connectivity index (χ0n) is 15.0. The minimum Gasteiger partial charge on any atom is -0.369 e. The number of nitrogens with zero attached hydrogens (tertiary/aromatic N) is 2. The molecule has 4 nitrogen and oxygen atoms in total. The molecule has 1 aliphatic rings. The molecule has 0 spiro atoms. The molecule has 132 valence electrons. The van der Waals surface area contributed by atoms with Gasteiger partial charge in [0, 0.05) is 44.1 Å². The largest absolute Gasteiger partial charge is 0.369 e. The van der Waals surface area contributed by atoms with E-state index in [2.05, 4.69) is 70.8 Å². The van der Waals surface area contributed by atoms with E-state index in [1.54, 1.807) is 0 Å². The molecule has 2 aromatic rings. The van der Waals surface area contributed by atoms with Crippen molar-refractivity contribution < 1.29 is 0 Å². The van der Waals surface area contributed by atoms with Gasteiger partial charge in [0.05, 0.1) is 0 Å². The molecule has 0 bridgehead atoms. The summed E-state index contributed by atoms with van der Waals surface area (Å²) < 4.78 is 0. The quantitative estimate of drug-likeness (QED) is 0.823. The lowest BCUT2D eigenvalue weighted by atomic mass is 10.2. The number of hydrogen-bond acceptors (Lipinski definition) is 3. The first-order valence-corrected chi connectivity index (χ1v) is 9.15. The van der Waals surface area contributed by atoms with Crippen molar-refractivity contribution in [2.24, 2.45) is 0 Å². The Morgan fingerprint density at radius 1 is 0.960 bits per heavy atom. The zero-order chi connectivity index (χ0) is 17.6. The van der Waals surface area contributed by atoms with Crippen molar-refractivity contribution in [1.82, 2.24) is 10.2 Å². The maximum atomic E-state index is 5.37. The van der Waals surface area contributed by atoms with Gasteiger partial charge in [-0.15, -0.1) is 0 Å². The van der Waals surface area contributed by atoms with Crippen molar-refractivity contribution in [1.29, 1.82) is 0 Å². The predicted octanol–water partition coefficient (Wildman–Crippen LogP) is 3.23. The van der Waals surface area contributed by atoms with Gasteiger partial charge in [0.1, 0.15) is 0 Å². The maximum absolute atomic E-state index is 5.37. The fraction of sp³-hybridized carbons (Fsp3) is 0.350. The Morgan fingerprint density at radius 2 is 1.60 bits per heavy atom. The summed E-state index contributed by atoms with van der Waals surface area (Å²) in [5.41, 5.74) is 4.78. The van der Waals surface area contributed by atoms with E-state index < -0.39 is 0 Å². The average molecular weight is 355 g/mol. The van der Waals surface area contributed by atoms with Crippen LogP contribution < -0.4 is 15.5 Å². The molecule has 0 unspecified atom stereocenters. The highest BCUT2D eigenvalue weighted by Gasteiger charge is 2.13. The molecule has 0 aromatic heterocycles. The van der Waals surface area contributed by atoms with E-state index in [-0.39, 0.29) is 0 Å². The number of nitrogens with one attached hydrogen (secondary N) is 2. The van der Waals surface area contributed by atoms with Gasteiger partial charge in [0.2, 0.25) is 0 Å². The molecular formula is C20H26N4S. The third-order valence-electron chi connectivity index (χ3n) is 4.57. The Bertz CT molecular complexity index is 689. The molecule has 0 atom stereocenters. The normalized spacial score (nSPS) is 15.0. The first-order valence-electron chi connectivity index (χ1n) is 8.74. The van der Waals surface area contributed by atoms with Crippen molar-refractivity contribution >= 4 is 28.7 Å². The van der Waals surface area contributed by atoms with Crippen LogP contribution in [0.4, 0.5) is 11.4 Å². The van der Waals surface area contributed by atoms with Gasteiger partial charge in [0.25, 0.3) is 0 Å². The summed E-state index contributed by atoms with van der Waals surface area (Å²) in [6.45, 7) is 7.24. The van der Waals surface area contributed by atoms with Gasteiger partial charge in [-0.25, -0.2) is 0 Å². The molecule has 0 aliphatic carbocycles. The fourth-order valence-electron chi connectivity index (χ4n) is 2.88. The first kappa shape index (κ1) is 17.7. The van der Waals surface area contributed by atoms with Crippen LogP contribution in [0.5, 0.6) is 0 Å². The minimum atomic E-state index is 0.645. The molecule has 3 rings (SSSR count). The molecule has 2 N–H and O–H groups in total. The van der Waals surface area contributed by atoms with Gasteiger partial charge in [-0.2, -0.15) is 0 Å². The maximum Gasteiger partial charge on any atom is 0.171 e. The average Bonchev–Trinajstić information content (AvgIpc) is 2.63. The minimum absolute atomic E-state index is 0.645. The number of hydrogen-bond donors (Lipinski definition) is 2. The number of aryl methyl sites for hydroxylation is 1. The van der Waals surface area contributed by atoms with Gasteiger partial charge >= 0.3 is 0 Å². The monoisotopic (exact) mass is 354 g/mol. The number of benzene rings is 2. The van der Waals surface area contributed by atoms with Crippen LogP contribution >= 0.6 is 12.2 Å². The number of rotatable bonds is 4. The SMILES string of the molecule is Cc1ccc(NC(=S)NCc2ccc(N3CCN(C)CC3)cc2)cc1. The van der Waals surface area contributed by atoms with Crippen LogP contribution in [0.3, 0.4) is 0 Å². The van der Waals surface area contributed by atoms with E-state index in [1.807, 2.05) is 12.1 Å². The number of thiocarbonyl (C=S) groups is 1. The molecule has 1 aliphatic heterocycles. The van der Waals surface area contributed by atoms with E-state index >= 15 is 0 Å². The molecule has 0 radical (unpaired) electrons. The summed E-state index contributed by atoms with van der Waals surface area (Å²) >= 11 is 5.37. The van der Waals surface area contributed by atoms with Gasteiger partial charge in [-0.3, -0.25) is 0 Å². The third-order valence-corrected chi connectivity index (χ3v) is 4.81. The Balaban J connectivity index is 1.48. The summed E-state index contributed by atoms with van der Waals surface area (Å²) in [5, 5.41) is 7.13. The van der Waals surface area contributed by atoms with Crippen molar-refractivity contribution in [3.63, 3.8) is 0 Å². The molecular weight excluding hydrogens is 328 g/mol. The summed E-state index contributed by atoms with van der Waals surface area (Å²) in [6.07, 6.45) is 0. The molecule has 5 heteroatoms. The second-order valence-electron chi connectivity index (χ2n) is 6.63. The second kappa shape index (κ2) is 8.32. The highest BCUT2D eigenvalue weighted by atomic mass is 32.1. The van der Waals surface area contributed by atoms with Crippen LogP contribution in [0.15, 0.2) is 48.5 Å². The van der Waals surface area contributed by atoms with Crippen LogP contribution in [-0.4, -0.2) is 43.2 Å². The third kappa shape index (κ3) is 5.18. The summed E-state index contributed by atoms with van der Waals surface area (Å²) in [4.78, 5) is 4.82. The van der Waals surface area contributed by atoms with Crippen molar-refractivity contribution in [3.8, 4) is 0 Å². The number of likely N-dealkylation sites (N-methyl/N-ethyl adjacent to an activating group) is 1. The van der Waals surface area contributed by atoms with E-state index in [1.165, 1.54) is 16.8 Å². The molecule has 0 saturated carbocycles. The molecule has 25 heavy (non-hydrogen) atoms. The molecule has 2 aromatic carbocycles. The van der Waals surface area contributed by atoms with Crippen LogP contribution in [0.1, 0.15) is 11.1 Å². The summed E-state index contributed by atoms with van der Waals surface area (Å²) in [7, 11) is 2.18. The first-order chi connectivity index (χ1) is 12.1. The number of piperazine rings is 1. The van der Waals surface area contributed by atoms with Crippen LogP contribution in [0, 0.1) is 6.92 Å². The van der Waals surface area contributed by atoms with E-state index in [9.17, 15) is 0 Å². The second-order valence-corrected chi connectivity index (χ2v) is 7.04. The summed E-state index contributed by atoms with van der Waals surface area (Å²) in [6, 6.07) is 17.0. The molecule has 1 saturated heterocycles. The Hall–Kier alpha value is -2.11. The van der Waals surface area contributed by atoms with Gasteiger partial charge in [0.15, 0.2) is 5.11 Å². The van der Waals surface area contributed by atoms with E-state index in [0.717, 1.165) is 38.4 Å². The predicted molar refractivity (Wildman–Crippen MR) is 110 cm³/mol. The van der Waals surface area contributed by atoms with Crippen LogP contribution in [0.25, 0.3) is 0 Å². The van der Waals surface area contributed by atoms with Crippen LogP contribution in [0.2, 0.25) is 0 Å². The Labute approximate surface area is 155 Å². The number of anilines is 2. The van der Waals surface area contributed by atoms with Crippen LogP contribution in [-0.2, 0) is 6.54 Å². The standard InChI is InChI=1S/C20H26N4S/c1-16-3-7-18(8-4-16)22-20(25)21-15-17-5-9-19(10-6-17)24-13-11-23(2)12-14-24/h3-10H,11-15H2,1-2H3,(H2,21,22,25). The lowest BCUT2D eigenvalue weighted by Gasteiger charge is -2.34. The van der Waals surface area contributed by atoms with Crippen molar-refractivity contribution in [2.45, 2.75) is 13.5 Å². The van der Waals surface area contributed by atoms with Gasteiger partial charge < -0.3 is 20.4 Å². The highest BCUT2D eigenvalue weighted by Crippen LogP contribution is 2.17. The van der Waals surface area contributed by atoms with Crippen molar-refractivity contribution in [3.05, 3.63) is 59.7 Å². The topological polar surface area (TPSA) is 30.5 Å². The lowest BCUT2D eigenvalue weighted by molar-refractivity contribution is 0.313. The van der Waals surface area contributed by atoms with E-state index in [4.69, 9.17) is 12.2 Å². The molecule has 0 amide bonds.